The highest BCUT2D eigenvalue weighted by molar-refractivity contribution is 6.05. The van der Waals surface area contributed by atoms with Crippen LogP contribution in [0.15, 0.2) is 60.7 Å². The van der Waals surface area contributed by atoms with Gasteiger partial charge in [-0.25, -0.2) is 4.79 Å². The molecule has 1 aliphatic heterocycles. The molecule has 7 heteroatoms. The molecule has 0 saturated carbocycles. The van der Waals surface area contributed by atoms with E-state index in [0.717, 1.165) is 89.0 Å². The van der Waals surface area contributed by atoms with Gasteiger partial charge in [-0.2, -0.15) is 5.10 Å². The molecule has 3 aromatic carbocycles. The van der Waals surface area contributed by atoms with E-state index in [2.05, 4.69) is 53.2 Å². The Kier molecular flexibility index (Phi) is 7.79. The van der Waals surface area contributed by atoms with Gasteiger partial charge in [-0.15, -0.1) is 0 Å². The van der Waals surface area contributed by atoms with Crippen molar-refractivity contribution < 1.29 is 14.3 Å². The Balaban J connectivity index is 1.42. The number of nitrogens with one attached hydrogen (secondary N) is 1. The van der Waals surface area contributed by atoms with Gasteiger partial charge in [-0.3, -0.25) is 4.68 Å². The van der Waals surface area contributed by atoms with Crippen LogP contribution in [0.3, 0.4) is 0 Å². The molecule has 3 heterocycles. The number of hydrogen-bond donors (Lipinski definition) is 1. The summed E-state index contributed by atoms with van der Waals surface area (Å²) >= 11 is 0. The van der Waals surface area contributed by atoms with Crippen LogP contribution < -0.4 is 10.1 Å². The molecule has 0 saturated heterocycles. The third kappa shape index (κ3) is 5.10. The van der Waals surface area contributed by atoms with Crippen LogP contribution in [0.4, 0.5) is 0 Å². The number of carbonyl (C=O) groups is 1. The lowest BCUT2D eigenvalue weighted by Crippen LogP contribution is -2.17. The third-order valence-electron chi connectivity index (χ3n) is 8.19. The van der Waals surface area contributed by atoms with Gasteiger partial charge in [0.2, 0.25) is 0 Å². The van der Waals surface area contributed by atoms with Gasteiger partial charge in [0.05, 0.1) is 24.4 Å². The second-order valence-corrected chi connectivity index (χ2v) is 10.7. The maximum Gasteiger partial charge on any atom is 0.355 e. The molecule has 0 fully saturated rings. The molecule has 1 aliphatic rings. The topological polar surface area (TPSA) is 70.3 Å². The summed E-state index contributed by atoms with van der Waals surface area (Å²) in [5, 5.41) is 11.8. The first-order chi connectivity index (χ1) is 20.1. The number of carbonyl (C=O) groups excluding carboxylic acids is 1. The lowest BCUT2D eigenvalue weighted by Gasteiger charge is -2.13. The molecule has 1 N–H and O–H groups in total. The molecule has 7 nitrogen and oxygen atoms in total. The second-order valence-electron chi connectivity index (χ2n) is 10.7. The van der Waals surface area contributed by atoms with E-state index in [1.807, 2.05) is 42.9 Å². The number of para-hydroxylation sites is 1. The highest BCUT2D eigenvalue weighted by atomic mass is 16.5. The average Bonchev–Trinajstić information content (AvgIpc) is 3.44. The monoisotopic (exact) mass is 550 g/mol. The molecule has 0 radical (unpaired) electrons. The summed E-state index contributed by atoms with van der Waals surface area (Å²) in [7, 11) is 2.00. The molecule has 2 aromatic heterocycles. The van der Waals surface area contributed by atoms with Gasteiger partial charge in [0, 0.05) is 47.7 Å². The van der Waals surface area contributed by atoms with Crippen LogP contribution in [-0.4, -0.2) is 40.1 Å². The Hall–Kier alpha value is -4.10. The molecule has 0 atom stereocenters. The van der Waals surface area contributed by atoms with Crippen molar-refractivity contribution in [2.45, 2.75) is 52.6 Å². The fourth-order valence-electron chi connectivity index (χ4n) is 6.22. The molecule has 5 aromatic rings. The first kappa shape index (κ1) is 27.1. The number of esters is 1. The van der Waals surface area contributed by atoms with Crippen LogP contribution in [0.25, 0.3) is 32.8 Å². The zero-order valence-corrected chi connectivity index (χ0v) is 24.2. The van der Waals surface area contributed by atoms with Gasteiger partial charge in [-0.05, 0) is 63.1 Å². The predicted octanol–water partition coefficient (Wildman–Crippen LogP) is 6.58. The summed E-state index contributed by atoms with van der Waals surface area (Å²) in [4.78, 5) is 13.6. The number of rotatable bonds is 7. The van der Waals surface area contributed by atoms with Crippen molar-refractivity contribution in [1.29, 1.82) is 0 Å². The van der Waals surface area contributed by atoms with Crippen molar-refractivity contribution in [1.82, 2.24) is 19.7 Å². The quantitative estimate of drug-likeness (QED) is 0.183. The van der Waals surface area contributed by atoms with Crippen LogP contribution in [0.2, 0.25) is 0 Å². The number of nitrogens with zero attached hydrogens (tertiary/aromatic N) is 3. The Labute approximate surface area is 241 Å². The van der Waals surface area contributed by atoms with E-state index in [9.17, 15) is 4.79 Å². The summed E-state index contributed by atoms with van der Waals surface area (Å²) in [6.45, 7) is 7.26. The Morgan fingerprint density at radius 3 is 2.71 bits per heavy atom. The van der Waals surface area contributed by atoms with Gasteiger partial charge >= 0.3 is 5.97 Å². The minimum Gasteiger partial charge on any atom is -0.493 e. The van der Waals surface area contributed by atoms with E-state index in [1.165, 1.54) is 5.39 Å². The van der Waals surface area contributed by atoms with Gasteiger partial charge in [0.15, 0.2) is 0 Å². The van der Waals surface area contributed by atoms with Crippen molar-refractivity contribution in [3.05, 3.63) is 83.3 Å². The molecule has 0 amide bonds. The van der Waals surface area contributed by atoms with E-state index in [4.69, 9.17) is 14.6 Å². The zero-order chi connectivity index (χ0) is 28.3. The molecule has 0 spiro atoms. The van der Waals surface area contributed by atoms with E-state index in [1.54, 1.807) is 0 Å². The molecule has 212 valence electrons. The number of aromatic nitrogens is 3. The van der Waals surface area contributed by atoms with E-state index in [-0.39, 0.29) is 5.97 Å². The summed E-state index contributed by atoms with van der Waals surface area (Å²) in [6, 6.07) is 20.9. The van der Waals surface area contributed by atoms with Crippen LogP contribution in [-0.2, 0) is 31.3 Å². The molecule has 6 rings (SSSR count). The normalized spacial score (nSPS) is 13.6. The fourth-order valence-corrected chi connectivity index (χ4v) is 6.22. The van der Waals surface area contributed by atoms with E-state index >= 15 is 0 Å². The van der Waals surface area contributed by atoms with Gasteiger partial charge in [-0.1, -0.05) is 54.6 Å². The number of benzene rings is 3. The fraction of sp³-hybridized carbons (Fsp3) is 0.353. The summed E-state index contributed by atoms with van der Waals surface area (Å²) in [5.41, 5.74) is 7.23. The first-order valence-electron chi connectivity index (χ1n) is 14.7. The van der Waals surface area contributed by atoms with Crippen LogP contribution in [0.1, 0.15) is 53.6 Å². The van der Waals surface area contributed by atoms with Crippen LogP contribution in [0, 0.1) is 6.92 Å². The third-order valence-corrected chi connectivity index (χ3v) is 8.19. The lowest BCUT2D eigenvalue weighted by atomic mass is 9.98. The Morgan fingerprint density at radius 1 is 1.02 bits per heavy atom. The van der Waals surface area contributed by atoms with Crippen LogP contribution >= 0.6 is 0 Å². The van der Waals surface area contributed by atoms with Gasteiger partial charge < -0.3 is 19.4 Å². The van der Waals surface area contributed by atoms with Crippen LogP contribution in [0.5, 0.6) is 5.75 Å². The van der Waals surface area contributed by atoms with E-state index in [0.29, 0.717) is 25.3 Å². The standard InChI is InChI=1S/C34H38N4O3/c1-4-40-34(39)33-27(17-11-21-41-30-18-9-13-24-12-5-6-14-25(24)30)26-15-10-16-28-31-23(2)37(3)36-29(31)22-35-19-7-8-20-38(33)32(26)28/h5-6,9-10,12-16,18,35H,4,7-8,11,17,19-22H2,1-3H3. The van der Waals surface area contributed by atoms with Gasteiger partial charge in [0.25, 0.3) is 0 Å². The summed E-state index contributed by atoms with van der Waals surface area (Å²) in [5.74, 6) is 0.636. The number of aryl methyl sites for hydroxylation is 3. The summed E-state index contributed by atoms with van der Waals surface area (Å²) < 4.78 is 16.1. The summed E-state index contributed by atoms with van der Waals surface area (Å²) in [6.07, 6.45) is 3.47. The minimum atomic E-state index is -0.254. The smallest absolute Gasteiger partial charge is 0.355 e. The second kappa shape index (κ2) is 11.8. The molecular weight excluding hydrogens is 512 g/mol. The Bertz CT molecular complexity index is 1710. The predicted molar refractivity (Wildman–Crippen MR) is 164 cm³/mol. The number of ether oxygens (including phenoxy) is 2. The van der Waals surface area contributed by atoms with Crippen molar-refractivity contribution >= 4 is 27.6 Å². The molecular formula is C34H38N4O3. The largest absolute Gasteiger partial charge is 0.493 e. The number of fused-ring (bicyclic) bond motifs is 3. The molecule has 0 aliphatic carbocycles. The lowest BCUT2D eigenvalue weighted by molar-refractivity contribution is 0.0512. The van der Waals surface area contributed by atoms with Gasteiger partial charge in [0.1, 0.15) is 11.4 Å². The minimum absolute atomic E-state index is 0.254. The number of hydrogen-bond acceptors (Lipinski definition) is 5. The average molecular weight is 551 g/mol. The zero-order valence-electron chi connectivity index (χ0n) is 24.2. The van der Waals surface area contributed by atoms with Crippen molar-refractivity contribution in [2.75, 3.05) is 19.8 Å². The van der Waals surface area contributed by atoms with E-state index < -0.39 is 0 Å². The maximum absolute atomic E-state index is 13.6. The molecule has 0 bridgehead atoms. The SMILES string of the molecule is CCOC(=O)c1c(CCCOc2cccc3ccccc23)c2cccc3c2n1CCCCNCc1nn(C)c(C)c1-3. The van der Waals surface area contributed by atoms with Crippen molar-refractivity contribution in [2.24, 2.45) is 7.05 Å². The molecule has 41 heavy (non-hydrogen) atoms. The highest BCUT2D eigenvalue weighted by Crippen LogP contribution is 2.39. The Morgan fingerprint density at radius 2 is 1.83 bits per heavy atom. The first-order valence-corrected chi connectivity index (χ1v) is 14.7. The maximum atomic E-state index is 13.6. The molecule has 0 unspecified atom stereocenters. The van der Waals surface area contributed by atoms with Crippen molar-refractivity contribution in [3.63, 3.8) is 0 Å². The van der Waals surface area contributed by atoms with Crippen molar-refractivity contribution in [3.8, 4) is 16.9 Å². The highest BCUT2D eigenvalue weighted by Gasteiger charge is 2.27.